The van der Waals surface area contributed by atoms with Crippen LogP contribution < -0.4 is 0 Å². The van der Waals surface area contributed by atoms with Gasteiger partial charge in [0.1, 0.15) is 0 Å². The Kier molecular flexibility index (Phi) is 5.21. The predicted octanol–water partition coefficient (Wildman–Crippen LogP) is 5.09. The van der Waals surface area contributed by atoms with Crippen LogP contribution in [0.3, 0.4) is 0 Å². The highest BCUT2D eigenvalue weighted by Gasteiger charge is 2.13. The molecule has 1 aromatic carbocycles. The highest BCUT2D eigenvalue weighted by atomic mass is 14.2. The van der Waals surface area contributed by atoms with Gasteiger partial charge in [-0.05, 0) is 32.3 Å². The van der Waals surface area contributed by atoms with E-state index in [0.717, 1.165) is 19.3 Å². The maximum absolute atomic E-state index is 4.22. The lowest BCUT2D eigenvalue weighted by atomic mass is 9.85. The summed E-state index contributed by atoms with van der Waals surface area (Å²) in [5, 5.41) is 0. The van der Waals surface area contributed by atoms with E-state index in [1.54, 1.807) is 0 Å². The Bertz CT molecular complexity index is 381. The van der Waals surface area contributed by atoms with Crippen LogP contribution in [-0.4, -0.2) is 0 Å². The van der Waals surface area contributed by atoms with Crippen molar-refractivity contribution >= 4 is 0 Å². The van der Waals surface area contributed by atoms with E-state index in [9.17, 15) is 0 Å². The summed E-state index contributed by atoms with van der Waals surface area (Å²) in [6.45, 7) is 14.8. The first-order valence-electron chi connectivity index (χ1n) is 6.43. The lowest BCUT2D eigenvalue weighted by molar-refractivity contribution is 0.666. The molecule has 1 rings (SSSR count). The Balaban J connectivity index is 2.76. The van der Waals surface area contributed by atoms with Gasteiger partial charge in [0.05, 0.1) is 0 Å². The van der Waals surface area contributed by atoms with E-state index in [-0.39, 0.29) is 0 Å². The van der Waals surface area contributed by atoms with Crippen molar-refractivity contribution in [3.8, 4) is 0 Å². The SMILES string of the molecule is C=C(C)C(Cc1ccc(C)cc1)C(=C)CCC. The molecule has 0 aliphatic heterocycles. The van der Waals surface area contributed by atoms with Crippen molar-refractivity contribution in [1.29, 1.82) is 0 Å². The fraction of sp³-hybridized carbons (Fsp3) is 0.412. The number of rotatable bonds is 6. The van der Waals surface area contributed by atoms with Crippen LogP contribution in [0.1, 0.15) is 37.8 Å². The number of hydrogen-bond acceptors (Lipinski definition) is 0. The second-order valence-corrected chi connectivity index (χ2v) is 5.00. The third-order valence-corrected chi connectivity index (χ3v) is 3.22. The van der Waals surface area contributed by atoms with Crippen LogP contribution in [0.25, 0.3) is 0 Å². The monoisotopic (exact) mass is 228 g/mol. The van der Waals surface area contributed by atoms with E-state index >= 15 is 0 Å². The largest absolute Gasteiger partial charge is 0.0995 e. The second kappa shape index (κ2) is 6.44. The van der Waals surface area contributed by atoms with Crippen molar-refractivity contribution in [2.75, 3.05) is 0 Å². The Morgan fingerprint density at radius 1 is 1.18 bits per heavy atom. The average Bonchev–Trinajstić information content (AvgIpc) is 2.28. The summed E-state index contributed by atoms with van der Waals surface area (Å²) in [6.07, 6.45) is 3.30. The Morgan fingerprint density at radius 2 is 1.76 bits per heavy atom. The summed E-state index contributed by atoms with van der Waals surface area (Å²) in [6, 6.07) is 8.77. The minimum absolute atomic E-state index is 0.428. The molecule has 1 unspecified atom stereocenters. The van der Waals surface area contributed by atoms with Crippen LogP contribution >= 0.6 is 0 Å². The molecule has 0 N–H and O–H groups in total. The van der Waals surface area contributed by atoms with Crippen LogP contribution in [0.5, 0.6) is 0 Å². The zero-order chi connectivity index (χ0) is 12.8. The van der Waals surface area contributed by atoms with Gasteiger partial charge in [0.25, 0.3) is 0 Å². The summed E-state index contributed by atoms with van der Waals surface area (Å²) < 4.78 is 0. The Morgan fingerprint density at radius 3 is 2.24 bits per heavy atom. The molecule has 0 aromatic heterocycles. The topological polar surface area (TPSA) is 0 Å². The minimum Gasteiger partial charge on any atom is -0.0995 e. The first-order chi connectivity index (χ1) is 8.04. The highest BCUT2D eigenvalue weighted by Crippen LogP contribution is 2.25. The van der Waals surface area contributed by atoms with Crippen molar-refractivity contribution in [1.82, 2.24) is 0 Å². The molecule has 0 fully saturated rings. The lowest BCUT2D eigenvalue weighted by Gasteiger charge is -2.20. The van der Waals surface area contributed by atoms with Gasteiger partial charge in [0.15, 0.2) is 0 Å². The molecular formula is C17H24. The first kappa shape index (κ1) is 13.8. The smallest absolute Gasteiger partial charge is 0.00392 e. The van der Waals surface area contributed by atoms with Gasteiger partial charge in [-0.15, -0.1) is 0 Å². The third-order valence-electron chi connectivity index (χ3n) is 3.22. The summed E-state index contributed by atoms with van der Waals surface area (Å²) in [4.78, 5) is 0. The molecule has 17 heavy (non-hydrogen) atoms. The van der Waals surface area contributed by atoms with E-state index in [0.29, 0.717) is 5.92 Å². The standard InChI is InChI=1S/C17H24/c1-6-7-15(5)17(13(2)3)12-16-10-8-14(4)9-11-16/h8-11,17H,2,5-7,12H2,1,3-4H3. The molecule has 1 atom stereocenters. The van der Waals surface area contributed by atoms with E-state index in [1.807, 2.05) is 0 Å². The molecule has 0 spiro atoms. The van der Waals surface area contributed by atoms with Crippen molar-refractivity contribution in [2.24, 2.45) is 5.92 Å². The summed E-state index contributed by atoms with van der Waals surface area (Å²) in [7, 11) is 0. The zero-order valence-corrected chi connectivity index (χ0v) is 11.4. The molecule has 0 amide bonds. The molecule has 1 aromatic rings. The van der Waals surface area contributed by atoms with Crippen LogP contribution in [-0.2, 0) is 6.42 Å². The van der Waals surface area contributed by atoms with Crippen LogP contribution in [0.15, 0.2) is 48.6 Å². The summed E-state index contributed by atoms with van der Waals surface area (Å²) in [5.41, 5.74) is 5.23. The Hall–Kier alpha value is -1.30. The molecule has 0 radical (unpaired) electrons. The van der Waals surface area contributed by atoms with Gasteiger partial charge in [0, 0.05) is 5.92 Å². The average molecular weight is 228 g/mol. The predicted molar refractivity (Wildman–Crippen MR) is 77.2 cm³/mol. The molecule has 0 aliphatic rings. The molecule has 0 nitrogen and oxygen atoms in total. The quantitative estimate of drug-likeness (QED) is 0.595. The van der Waals surface area contributed by atoms with E-state index < -0.39 is 0 Å². The van der Waals surface area contributed by atoms with Gasteiger partial charge in [-0.2, -0.15) is 0 Å². The number of aryl methyl sites for hydroxylation is 1. The van der Waals surface area contributed by atoms with E-state index in [2.05, 4.69) is 58.2 Å². The maximum Gasteiger partial charge on any atom is 0.00392 e. The van der Waals surface area contributed by atoms with Gasteiger partial charge < -0.3 is 0 Å². The normalized spacial score (nSPS) is 12.2. The maximum atomic E-state index is 4.22. The second-order valence-electron chi connectivity index (χ2n) is 5.00. The van der Waals surface area contributed by atoms with Crippen molar-refractivity contribution < 1.29 is 0 Å². The lowest BCUT2D eigenvalue weighted by Crippen LogP contribution is -2.08. The Labute approximate surface area is 106 Å². The molecule has 0 bridgehead atoms. The van der Waals surface area contributed by atoms with Crippen molar-refractivity contribution in [2.45, 2.75) is 40.0 Å². The van der Waals surface area contributed by atoms with Gasteiger partial charge in [0.2, 0.25) is 0 Å². The van der Waals surface area contributed by atoms with E-state index in [4.69, 9.17) is 0 Å². The molecular weight excluding hydrogens is 204 g/mol. The van der Waals surface area contributed by atoms with E-state index in [1.165, 1.54) is 22.3 Å². The highest BCUT2D eigenvalue weighted by molar-refractivity contribution is 5.26. The molecule has 0 heterocycles. The van der Waals surface area contributed by atoms with Crippen molar-refractivity contribution in [3.63, 3.8) is 0 Å². The van der Waals surface area contributed by atoms with Gasteiger partial charge in [-0.3, -0.25) is 0 Å². The summed E-state index contributed by atoms with van der Waals surface area (Å²) >= 11 is 0. The fourth-order valence-electron chi connectivity index (χ4n) is 2.12. The summed E-state index contributed by atoms with van der Waals surface area (Å²) in [5.74, 6) is 0.428. The molecule has 0 saturated carbocycles. The molecule has 0 saturated heterocycles. The van der Waals surface area contributed by atoms with Crippen LogP contribution in [0, 0.1) is 12.8 Å². The number of allylic oxidation sites excluding steroid dienone is 2. The van der Waals surface area contributed by atoms with Gasteiger partial charge in [-0.1, -0.05) is 67.5 Å². The molecule has 0 aliphatic carbocycles. The van der Waals surface area contributed by atoms with Gasteiger partial charge >= 0.3 is 0 Å². The fourth-order valence-corrected chi connectivity index (χ4v) is 2.12. The van der Waals surface area contributed by atoms with Crippen molar-refractivity contribution in [3.05, 3.63) is 59.7 Å². The minimum atomic E-state index is 0.428. The molecule has 92 valence electrons. The van der Waals surface area contributed by atoms with Crippen LogP contribution in [0.4, 0.5) is 0 Å². The first-order valence-corrected chi connectivity index (χ1v) is 6.43. The number of benzene rings is 1. The van der Waals surface area contributed by atoms with Crippen LogP contribution in [0.2, 0.25) is 0 Å². The molecule has 0 heteroatoms. The zero-order valence-electron chi connectivity index (χ0n) is 11.4. The third kappa shape index (κ3) is 4.22. The van der Waals surface area contributed by atoms with Gasteiger partial charge in [-0.25, -0.2) is 0 Å². The number of hydrogen-bond donors (Lipinski definition) is 0.